The van der Waals surface area contributed by atoms with Crippen LogP contribution >= 0.6 is 0 Å². The number of likely N-dealkylation sites (tertiary alicyclic amines) is 1. The highest BCUT2D eigenvalue weighted by Gasteiger charge is 2.27. The molecule has 1 amide bonds. The van der Waals surface area contributed by atoms with Gasteiger partial charge in [0.1, 0.15) is 12.0 Å². The third-order valence-electron chi connectivity index (χ3n) is 3.10. The molecule has 1 saturated heterocycles. The molecule has 0 bridgehead atoms. The van der Waals surface area contributed by atoms with Crippen LogP contribution in [0.1, 0.15) is 19.3 Å². The number of hydrogen-bond donors (Lipinski definition) is 0. The minimum absolute atomic E-state index is 0.000492. The monoisotopic (exact) mass is 247 g/mol. The highest BCUT2D eigenvalue weighted by Crippen LogP contribution is 2.16. The van der Waals surface area contributed by atoms with Crippen molar-refractivity contribution < 1.29 is 14.3 Å². The van der Waals surface area contributed by atoms with E-state index in [0.29, 0.717) is 19.6 Å². The highest BCUT2D eigenvalue weighted by atomic mass is 16.5. The second-order valence-corrected chi connectivity index (χ2v) is 4.34. The average Bonchev–Trinajstić information content (AvgIpc) is 2.88. The van der Waals surface area contributed by atoms with E-state index in [1.165, 1.54) is 0 Å². The second-order valence-electron chi connectivity index (χ2n) is 4.34. The molecule has 1 aromatic rings. The Bertz CT molecular complexity index is 405. The number of carbonyl (C=O) groups excluding carboxylic acids is 2. The topological polar surface area (TPSA) is 46.6 Å². The fourth-order valence-electron chi connectivity index (χ4n) is 2.16. The summed E-state index contributed by atoms with van der Waals surface area (Å²) in [7, 11) is 0. The van der Waals surface area contributed by atoms with Gasteiger partial charge in [-0.05, 0) is 25.0 Å². The van der Waals surface area contributed by atoms with Crippen molar-refractivity contribution >= 4 is 12.2 Å². The Kier molecular flexibility index (Phi) is 4.34. The lowest BCUT2D eigenvalue weighted by Crippen LogP contribution is -2.37. The molecule has 1 atom stereocenters. The number of para-hydroxylation sites is 1. The van der Waals surface area contributed by atoms with E-state index in [1.807, 2.05) is 30.3 Å². The van der Waals surface area contributed by atoms with Gasteiger partial charge in [-0.1, -0.05) is 18.2 Å². The lowest BCUT2D eigenvalue weighted by molar-refractivity contribution is -0.134. The van der Waals surface area contributed by atoms with E-state index < -0.39 is 0 Å². The van der Waals surface area contributed by atoms with Crippen LogP contribution in [0.3, 0.4) is 0 Å². The molecule has 0 radical (unpaired) electrons. The van der Waals surface area contributed by atoms with Crippen molar-refractivity contribution in [3.05, 3.63) is 30.3 Å². The van der Waals surface area contributed by atoms with Gasteiger partial charge in [-0.25, -0.2) is 0 Å². The van der Waals surface area contributed by atoms with Crippen molar-refractivity contribution in [2.24, 2.45) is 0 Å². The van der Waals surface area contributed by atoms with Gasteiger partial charge in [0.05, 0.1) is 19.1 Å². The highest BCUT2D eigenvalue weighted by molar-refractivity contribution is 5.80. The van der Waals surface area contributed by atoms with E-state index in [4.69, 9.17) is 4.74 Å². The molecule has 1 heterocycles. The Labute approximate surface area is 107 Å². The van der Waals surface area contributed by atoms with E-state index in [-0.39, 0.29) is 11.9 Å². The molecule has 1 aliphatic rings. The Morgan fingerprint density at radius 3 is 2.89 bits per heavy atom. The standard InChI is InChI=1S/C14H17NO3/c16-11-12-5-4-9-15(12)14(17)8-10-18-13-6-2-1-3-7-13/h1-3,6-7,11-12H,4-5,8-10H2/t12-/m0/s1. The number of carbonyl (C=O) groups is 2. The summed E-state index contributed by atoms with van der Waals surface area (Å²) in [5, 5.41) is 0. The van der Waals surface area contributed by atoms with Crippen molar-refractivity contribution in [2.75, 3.05) is 13.2 Å². The molecule has 0 N–H and O–H groups in total. The molecule has 96 valence electrons. The van der Waals surface area contributed by atoms with Gasteiger partial charge < -0.3 is 14.4 Å². The van der Waals surface area contributed by atoms with E-state index in [0.717, 1.165) is 24.9 Å². The molecule has 4 heteroatoms. The quantitative estimate of drug-likeness (QED) is 0.743. The molecule has 4 nitrogen and oxygen atoms in total. The van der Waals surface area contributed by atoms with Crippen LogP contribution in [0.15, 0.2) is 30.3 Å². The molecular weight excluding hydrogens is 230 g/mol. The first-order chi connectivity index (χ1) is 8.81. The number of aldehydes is 1. The summed E-state index contributed by atoms with van der Waals surface area (Å²) in [5.74, 6) is 0.763. The zero-order chi connectivity index (χ0) is 12.8. The van der Waals surface area contributed by atoms with Gasteiger partial charge in [0.2, 0.25) is 5.91 Å². The Balaban J connectivity index is 1.76. The van der Waals surface area contributed by atoms with Gasteiger partial charge in [-0.15, -0.1) is 0 Å². The van der Waals surface area contributed by atoms with Crippen LogP contribution in [0.4, 0.5) is 0 Å². The number of nitrogens with zero attached hydrogens (tertiary/aromatic N) is 1. The number of amides is 1. The first-order valence-electron chi connectivity index (χ1n) is 6.24. The summed E-state index contributed by atoms with van der Waals surface area (Å²) >= 11 is 0. The van der Waals surface area contributed by atoms with Crippen LogP contribution in [-0.2, 0) is 9.59 Å². The molecule has 1 aromatic carbocycles. The summed E-state index contributed by atoms with van der Waals surface area (Å²) in [6.07, 6.45) is 2.88. The third-order valence-corrected chi connectivity index (χ3v) is 3.10. The van der Waals surface area contributed by atoms with Crippen LogP contribution in [0.25, 0.3) is 0 Å². The molecule has 18 heavy (non-hydrogen) atoms. The van der Waals surface area contributed by atoms with Crippen LogP contribution in [-0.4, -0.2) is 36.3 Å². The minimum Gasteiger partial charge on any atom is -0.493 e. The van der Waals surface area contributed by atoms with Gasteiger partial charge in [0.15, 0.2) is 0 Å². The Hall–Kier alpha value is -1.84. The average molecular weight is 247 g/mol. The predicted molar refractivity (Wildman–Crippen MR) is 67.4 cm³/mol. The molecule has 1 fully saturated rings. The first-order valence-corrected chi connectivity index (χ1v) is 6.24. The Morgan fingerprint density at radius 1 is 1.39 bits per heavy atom. The van der Waals surface area contributed by atoms with Gasteiger partial charge in [-0.2, -0.15) is 0 Å². The number of benzene rings is 1. The van der Waals surface area contributed by atoms with E-state index >= 15 is 0 Å². The summed E-state index contributed by atoms with van der Waals surface area (Å²) in [6, 6.07) is 9.18. The zero-order valence-electron chi connectivity index (χ0n) is 10.2. The summed E-state index contributed by atoms with van der Waals surface area (Å²) in [4.78, 5) is 24.3. The fraction of sp³-hybridized carbons (Fsp3) is 0.429. The molecule has 1 aliphatic heterocycles. The number of rotatable bonds is 5. The van der Waals surface area contributed by atoms with Crippen molar-refractivity contribution in [3.8, 4) is 5.75 Å². The lowest BCUT2D eigenvalue weighted by atomic mass is 10.2. The van der Waals surface area contributed by atoms with E-state index in [9.17, 15) is 9.59 Å². The molecule has 0 saturated carbocycles. The van der Waals surface area contributed by atoms with Gasteiger partial charge in [0, 0.05) is 6.54 Å². The first kappa shape index (κ1) is 12.6. The van der Waals surface area contributed by atoms with Crippen LogP contribution in [0.5, 0.6) is 5.75 Å². The predicted octanol–water partition coefficient (Wildman–Crippen LogP) is 1.65. The van der Waals surface area contributed by atoms with Crippen LogP contribution < -0.4 is 4.74 Å². The van der Waals surface area contributed by atoms with Crippen molar-refractivity contribution in [1.29, 1.82) is 0 Å². The summed E-state index contributed by atoms with van der Waals surface area (Å²) in [6.45, 7) is 1.04. The van der Waals surface area contributed by atoms with E-state index in [1.54, 1.807) is 4.90 Å². The van der Waals surface area contributed by atoms with E-state index in [2.05, 4.69) is 0 Å². The maximum atomic E-state index is 11.9. The summed E-state index contributed by atoms with van der Waals surface area (Å²) in [5.41, 5.74) is 0. The maximum absolute atomic E-state index is 11.9. The minimum atomic E-state index is -0.228. The third kappa shape index (κ3) is 3.09. The van der Waals surface area contributed by atoms with Crippen molar-refractivity contribution in [2.45, 2.75) is 25.3 Å². The molecule has 0 spiro atoms. The Morgan fingerprint density at radius 2 is 2.17 bits per heavy atom. The van der Waals surface area contributed by atoms with Crippen molar-refractivity contribution in [3.63, 3.8) is 0 Å². The zero-order valence-corrected chi connectivity index (χ0v) is 10.2. The van der Waals surface area contributed by atoms with Gasteiger partial charge in [-0.3, -0.25) is 4.79 Å². The normalized spacial score (nSPS) is 18.7. The van der Waals surface area contributed by atoms with Gasteiger partial charge >= 0.3 is 0 Å². The summed E-state index contributed by atoms with van der Waals surface area (Å²) < 4.78 is 5.47. The van der Waals surface area contributed by atoms with Gasteiger partial charge in [0.25, 0.3) is 0 Å². The molecule has 0 unspecified atom stereocenters. The molecule has 2 rings (SSSR count). The number of hydrogen-bond acceptors (Lipinski definition) is 3. The lowest BCUT2D eigenvalue weighted by Gasteiger charge is -2.20. The maximum Gasteiger partial charge on any atom is 0.226 e. The fourth-order valence-corrected chi connectivity index (χ4v) is 2.16. The van der Waals surface area contributed by atoms with Crippen LogP contribution in [0.2, 0.25) is 0 Å². The smallest absolute Gasteiger partial charge is 0.226 e. The molecular formula is C14H17NO3. The largest absolute Gasteiger partial charge is 0.493 e. The second kappa shape index (κ2) is 6.19. The number of ether oxygens (including phenoxy) is 1. The molecule has 0 aromatic heterocycles. The molecule has 0 aliphatic carbocycles. The van der Waals surface area contributed by atoms with Crippen LogP contribution in [0, 0.1) is 0 Å². The SMILES string of the molecule is O=C[C@@H]1CCCN1C(=O)CCOc1ccccc1. The van der Waals surface area contributed by atoms with Crippen molar-refractivity contribution in [1.82, 2.24) is 4.90 Å².